The first-order valence-corrected chi connectivity index (χ1v) is 3.33. The average Bonchev–Trinajstić information content (AvgIpc) is 2.62. The molecule has 4 nitrogen and oxygen atoms in total. The molecule has 0 saturated heterocycles. The van der Waals surface area contributed by atoms with Crippen molar-refractivity contribution in [3.63, 3.8) is 0 Å². The number of halogens is 1. The van der Waals surface area contributed by atoms with Gasteiger partial charge in [0.25, 0.3) is 0 Å². The topological polar surface area (TPSA) is 65.8 Å². The zero-order chi connectivity index (χ0) is 7.56. The molecular weight excluding hydrogens is 154 g/mol. The van der Waals surface area contributed by atoms with Crippen molar-refractivity contribution in [2.24, 2.45) is 17.0 Å². The van der Waals surface area contributed by atoms with Crippen LogP contribution in [0.4, 0.5) is 0 Å². The van der Waals surface area contributed by atoms with Crippen molar-refractivity contribution < 1.29 is 4.79 Å². The number of carbonyl (C=O) groups excluding carboxylic acids is 1. The van der Waals surface area contributed by atoms with Crippen LogP contribution >= 0.6 is 11.6 Å². The lowest BCUT2D eigenvalue weighted by molar-refractivity contribution is -0.113. The van der Waals surface area contributed by atoms with E-state index in [0.717, 1.165) is 6.42 Å². The molecule has 0 aromatic rings. The summed E-state index contributed by atoms with van der Waals surface area (Å²) in [5.41, 5.74) is 7.91. The number of carbonyl (C=O) groups is 1. The molecule has 0 aromatic heterocycles. The number of hydrogen-bond donors (Lipinski definition) is 0. The van der Waals surface area contributed by atoms with E-state index in [2.05, 4.69) is 10.0 Å². The van der Waals surface area contributed by atoms with Gasteiger partial charge in [0.15, 0.2) is 0 Å². The molecule has 0 heterocycles. The normalized spacial score (nSPS) is 28.9. The molecule has 0 N–H and O–H groups in total. The van der Waals surface area contributed by atoms with E-state index in [1.54, 1.807) is 0 Å². The molecule has 1 aliphatic carbocycles. The molecule has 1 aliphatic rings. The quantitative estimate of drug-likeness (QED) is 0.268. The fourth-order valence-corrected chi connectivity index (χ4v) is 1.14. The summed E-state index contributed by atoms with van der Waals surface area (Å²) in [6.45, 7) is 0.402. The molecule has 5 heteroatoms. The fraction of sp³-hybridized carbons (Fsp3) is 0.800. The second-order valence-electron chi connectivity index (χ2n) is 2.32. The van der Waals surface area contributed by atoms with E-state index >= 15 is 0 Å². The van der Waals surface area contributed by atoms with Crippen molar-refractivity contribution >= 4 is 16.8 Å². The highest BCUT2D eigenvalue weighted by molar-refractivity contribution is 6.64. The van der Waals surface area contributed by atoms with Crippen molar-refractivity contribution in [3.8, 4) is 0 Å². The third-order valence-corrected chi connectivity index (χ3v) is 1.87. The first kappa shape index (κ1) is 7.38. The third-order valence-electron chi connectivity index (χ3n) is 1.59. The Kier molecular flexibility index (Phi) is 2.14. The Morgan fingerprint density at radius 3 is 3.00 bits per heavy atom. The number of rotatable bonds is 3. The summed E-state index contributed by atoms with van der Waals surface area (Å²) in [5.74, 6) is 0.160. The Hall–Kier alpha value is -0.730. The van der Waals surface area contributed by atoms with Crippen LogP contribution in [0.1, 0.15) is 6.42 Å². The Balaban J connectivity index is 2.25. The summed E-state index contributed by atoms with van der Waals surface area (Å²) in [5, 5.41) is 3.03. The van der Waals surface area contributed by atoms with E-state index < -0.39 is 0 Å². The Morgan fingerprint density at radius 1 is 1.90 bits per heavy atom. The van der Waals surface area contributed by atoms with E-state index in [1.165, 1.54) is 0 Å². The van der Waals surface area contributed by atoms with Crippen molar-refractivity contribution in [2.75, 3.05) is 6.54 Å². The van der Waals surface area contributed by atoms with E-state index in [4.69, 9.17) is 17.1 Å². The van der Waals surface area contributed by atoms with Crippen LogP contribution in [0.3, 0.4) is 0 Å². The first-order chi connectivity index (χ1) is 4.75. The van der Waals surface area contributed by atoms with Crippen LogP contribution < -0.4 is 0 Å². The molecule has 0 aromatic carbocycles. The van der Waals surface area contributed by atoms with Gasteiger partial charge >= 0.3 is 0 Å². The van der Waals surface area contributed by atoms with Gasteiger partial charge in [-0.25, -0.2) is 0 Å². The SMILES string of the molecule is [N-]=[N+]=NCC1CC1C(=O)Cl. The number of hydrogen-bond acceptors (Lipinski definition) is 2. The molecule has 0 spiro atoms. The van der Waals surface area contributed by atoms with E-state index in [1.807, 2.05) is 0 Å². The monoisotopic (exact) mass is 159 g/mol. The van der Waals surface area contributed by atoms with Gasteiger partial charge in [-0.1, -0.05) is 5.11 Å². The fourth-order valence-electron chi connectivity index (χ4n) is 0.869. The van der Waals surface area contributed by atoms with Gasteiger partial charge < -0.3 is 0 Å². The molecule has 10 heavy (non-hydrogen) atoms. The van der Waals surface area contributed by atoms with Gasteiger partial charge in [0.1, 0.15) is 0 Å². The molecular formula is C5H6ClN3O. The van der Waals surface area contributed by atoms with E-state index in [9.17, 15) is 4.79 Å². The molecule has 0 radical (unpaired) electrons. The van der Waals surface area contributed by atoms with Crippen LogP contribution in [0.25, 0.3) is 10.4 Å². The summed E-state index contributed by atoms with van der Waals surface area (Å²) in [6, 6.07) is 0. The maximum absolute atomic E-state index is 10.4. The first-order valence-electron chi connectivity index (χ1n) is 2.96. The largest absolute Gasteiger partial charge is 0.281 e. The molecule has 0 aliphatic heterocycles. The van der Waals surface area contributed by atoms with Crippen LogP contribution in [-0.2, 0) is 4.79 Å². The van der Waals surface area contributed by atoms with Gasteiger partial charge in [-0.15, -0.1) is 0 Å². The molecule has 2 unspecified atom stereocenters. The third kappa shape index (κ3) is 1.62. The highest BCUT2D eigenvalue weighted by atomic mass is 35.5. The van der Waals surface area contributed by atoms with Gasteiger partial charge in [0, 0.05) is 17.4 Å². The van der Waals surface area contributed by atoms with Crippen LogP contribution in [0.15, 0.2) is 5.11 Å². The molecule has 1 rings (SSSR count). The summed E-state index contributed by atoms with van der Waals surface area (Å²) in [6.07, 6.45) is 0.779. The van der Waals surface area contributed by atoms with Gasteiger partial charge in [0.05, 0.1) is 0 Å². The number of nitrogens with zero attached hydrogens (tertiary/aromatic N) is 3. The average molecular weight is 160 g/mol. The lowest BCUT2D eigenvalue weighted by atomic mass is 10.3. The Bertz CT molecular complexity index is 199. The molecule has 0 amide bonds. The minimum atomic E-state index is -0.307. The summed E-state index contributed by atoms with van der Waals surface area (Å²) >= 11 is 5.18. The van der Waals surface area contributed by atoms with E-state index in [-0.39, 0.29) is 17.1 Å². The van der Waals surface area contributed by atoms with Crippen molar-refractivity contribution in [3.05, 3.63) is 10.4 Å². The van der Waals surface area contributed by atoms with Crippen molar-refractivity contribution in [1.29, 1.82) is 0 Å². The predicted molar refractivity (Wildman–Crippen MR) is 36.5 cm³/mol. The van der Waals surface area contributed by atoms with Crippen LogP contribution in [0, 0.1) is 11.8 Å². The molecule has 1 saturated carbocycles. The lowest BCUT2D eigenvalue weighted by Gasteiger charge is -1.84. The minimum absolute atomic E-state index is 0.0489. The highest BCUT2D eigenvalue weighted by Gasteiger charge is 2.41. The predicted octanol–water partition coefficient (Wildman–Crippen LogP) is 1.70. The maximum Gasteiger partial charge on any atom is 0.225 e. The van der Waals surface area contributed by atoms with Gasteiger partial charge in [0.2, 0.25) is 5.24 Å². The summed E-state index contributed by atoms with van der Waals surface area (Å²) in [7, 11) is 0. The van der Waals surface area contributed by atoms with Gasteiger partial charge in [-0.2, -0.15) is 0 Å². The summed E-state index contributed by atoms with van der Waals surface area (Å²) in [4.78, 5) is 13.0. The highest BCUT2D eigenvalue weighted by Crippen LogP contribution is 2.40. The zero-order valence-corrected chi connectivity index (χ0v) is 5.95. The van der Waals surface area contributed by atoms with Crippen molar-refractivity contribution in [1.82, 2.24) is 0 Å². The molecule has 2 atom stereocenters. The smallest absolute Gasteiger partial charge is 0.225 e. The lowest BCUT2D eigenvalue weighted by Crippen LogP contribution is -1.93. The van der Waals surface area contributed by atoms with Crippen LogP contribution in [0.5, 0.6) is 0 Å². The standard InChI is InChI=1S/C5H6ClN3O/c6-5(10)4-1-3(4)2-8-9-7/h3-4H,1-2H2. The van der Waals surface area contributed by atoms with Gasteiger partial charge in [-0.3, -0.25) is 4.79 Å². The summed E-state index contributed by atoms with van der Waals surface area (Å²) < 4.78 is 0. The molecule has 0 bridgehead atoms. The van der Waals surface area contributed by atoms with E-state index in [0.29, 0.717) is 6.54 Å². The molecule has 1 fully saturated rings. The second kappa shape index (κ2) is 2.90. The Labute approximate surface area is 62.8 Å². The maximum atomic E-state index is 10.4. The number of azide groups is 1. The van der Waals surface area contributed by atoms with Gasteiger partial charge in [-0.05, 0) is 29.5 Å². The second-order valence-corrected chi connectivity index (χ2v) is 2.69. The Morgan fingerprint density at radius 2 is 2.60 bits per heavy atom. The van der Waals surface area contributed by atoms with Crippen LogP contribution in [-0.4, -0.2) is 11.8 Å². The van der Waals surface area contributed by atoms with Crippen molar-refractivity contribution in [2.45, 2.75) is 6.42 Å². The molecule has 54 valence electrons. The zero-order valence-electron chi connectivity index (χ0n) is 5.20. The minimum Gasteiger partial charge on any atom is -0.281 e. The van der Waals surface area contributed by atoms with Crippen LogP contribution in [0.2, 0.25) is 0 Å².